The summed E-state index contributed by atoms with van der Waals surface area (Å²) in [6.07, 6.45) is 0.266. The van der Waals surface area contributed by atoms with E-state index in [0.717, 1.165) is 16.0 Å². The van der Waals surface area contributed by atoms with Crippen molar-refractivity contribution in [2.24, 2.45) is 5.10 Å². The summed E-state index contributed by atoms with van der Waals surface area (Å²) in [6.45, 7) is 5.15. The molecular weight excluding hydrogens is 434 g/mol. The number of nitrogens with one attached hydrogen (secondary N) is 2. The average Bonchev–Trinajstić information content (AvgIpc) is 3.08. The van der Waals surface area contributed by atoms with E-state index in [4.69, 9.17) is 9.47 Å². The maximum Gasteiger partial charge on any atom is 0.355 e. The van der Waals surface area contributed by atoms with Gasteiger partial charge < -0.3 is 14.8 Å². The summed E-state index contributed by atoms with van der Waals surface area (Å²) in [4.78, 5) is 49.1. The summed E-state index contributed by atoms with van der Waals surface area (Å²) < 4.78 is 10.2. The van der Waals surface area contributed by atoms with E-state index in [2.05, 4.69) is 15.8 Å². The molecule has 0 radical (unpaired) electrons. The molecule has 0 bridgehead atoms. The fourth-order valence-corrected chi connectivity index (χ4v) is 4.18. The van der Waals surface area contributed by atoms with Gasteiger partial charge in [-0.15, -0.1) is 11.3 Å². The quantitative estimate of drug-likeness (QED) is 0.616. The van der Waals surface area contributed by atoms with E-state index in [1.54, 1.807) is 6.92 Å². The van der Waals surface area contributed by atoms with E-state index in [1.165, 1.54) is 11.3 Å². The minimum Gasteiger partial charge on any atom is -0.462 e. The van der Waals surface area contributed by atoms with Crippen LogP contribution in [-0.2, 0) is 23.9 Å². The number of nitrogens with zero attached hydrogens (tertiary/aromatic N) is 1. The predicted molar refractivity (Wildman–Crippen MR) is 120 cm³/mol. The molecule has 0 aliphatic carbocycles. The predicted octanol–water partition coefficient (Wildman–Crippen LogP) is 2.96. The van der Waals surface area contributed by atoms with E-state index in [9.17, 15) is 19.2 Å². The van der Waals surface area contributed by atoms with Crippen LogP contribution in [0.15, 0.2) is 29.4 Å². The van der Waals surface area contributed by atoms with Crippen molar-refractivity contribution in [1.82, 2.24) is 5.43 Å². The first-order chi connectivity index (χ1) is 15.3. The molecular formula is C22H23N3O6S. The largest absolute Gasteiger partial charge is 0.462 e. The molecule has 2 N–H and O–H groups in total. The van der Waals surface area contributed by atoms with Gasteiger partial charge in [0.15, 0.2) is 6.61 Å². The molecule has 0 atom stereocenters. The fraction of sp³-hybridized carbons (Fsp3) is 0.318. The molecule has 1 aromatic carbocycles. The number of aryl methyl sites for hydroxylation is 2. The highest BCUT2D eigenvalue weighted by Crippen LogP contribution is 2.40. The van der Waals surface area contributed by atoms with E-state index >= 15 is 0 Å². The standard InChI is InChI=1S/C22H23N3O6S/c1-4-30-22(29)19-18(14-7-5-12(2)6-8-14)13(3)32-20(19)23-17(27)11-31-21(28)15-9-10-16(26)25-24-15/h5-8H,4,9-11H2,1-3H3,(H,23,27)(H,25,26). The molecule has 0 saturated carbocycles. The Morgan fingerprint density at radius 3 is 2.44 bits per heavy atom. The smallest absolute Gasteiger partial charge is 0.355 e. The number of hydrazone groups is 1. The van der Waals surface area contributed by atoms with Crippen molar-refractivity contribution >= 4 is 45.8 Å². The van der Waals surface area contributed by atoms with Gasteiger partial charge in [0.2, 0.25) is 5.91 Å². The van der Waals surface area contributed by atoms with Gasteiger partial charge in [-0.1, -0.05) is 29.8 Å². The van der Waals surface area contributed by atoms with Gasteiger partial charge in [-0.25, -0.2) is 15.0 Å². The fourth-order valence-electron chi connectivity index (χ4n) is 3.10. The summed E-state index contributed by atoms with van der Waals surface area (Å²) in [5.41, 5.74) is 5.10. The molecule has 0 saturated heterocycles. The van der Waals surface area contributed by atoms with Gasteiger partial charge in [0, 0.05) is 23.3 Å². The maximum absolute atomic E-state index is 12.7. The lowest BCUT2D eigenvalue weighted by molar-refractivity contribution is -0.140. The highest BCUT2D eigenvalue weighted by molar-refractivity contribution is 7.17. The number of hydrogen-bond donors (Lipinski definition) is 2. The van der Waals surface area contributed by atoms with Gasteiger partial charge in [0.25, 0.3) is 5.91 Å². The van der Waals surface area contributed by atoms with E-state index in [0.29, 0.717) is 10.6 Å². The van der Waals surface area contributed by atoms with Gasteiger partial charge in [0.1, 0.15) is 16.3 Å². The Bertz CT molecular complexity index is 1090. The highest BCUT2D eigenvalue weighted by atomic mass is 32.1. The number of rotatable bonds is 7. The number of anilines is 1. The Balaban J connectivity index is 1.78. The number of hydrogen-bond acceptors (Lipinski definition) is 8. The first kappa shape index (κ1) is 23.1. The Labute approximate surface area is 188 Å². The van der Waals surface area contributed by atoms with Crippen molar-refractivity contribution in [2.75, 3.05) is 18.5 Å². The Hall–Kier alpha value is -3.53. The Morgan fingerprint density at radius 2 is 1.81 bits per heavy atom. The molecule has 0 unspecified atom stereocenters. The number of benzene rings is 1. The van der Waals surface area contributed by atoms with Crippen LogP contribution in [0.1, 0.15) is 40.6 Å². The molecule has 32 heavy (non-hydrogen) atoms. The molecule has 1 aliphatic rings. The van der Waals surface area contributed by atoms with Crippen LogP contribution in [0.5, 0.6) is 0 Å². The summed E-state index contributed by atoms with van der Waals surface area (Å²) in [5.74, 6) is -2.23. The zero-order valence-electron chi connectivity index (χ0n) is 17.9. The molecule has 1 aromatic heterocycles. The number of ether oxygens (including phenoxy) is 2. The number of esters is 2. The zero-order chi connectivity index (χ0) is 23.3. The molecule has 10 heteroatoms. The number of carbonyl (C=O) groups is 4. The van der Waals surface area contributed by atoms with Crippen molar-refractivity contribution in [3.8, 4) is 11.1 Å². The lowest BCUT2D eigenvalue weighted by Crippen LogP contribution is -2.32. The second-order valence-corrected chi connectivity index (χ2v) is 8.27. The van der Waals surface area contributed by atoms with Crippen LogP contribution in [0.2, 0.25) is 0 Å². The second-order valence-electron chi connectivity index (χ2n) is 7.04. The topological polar surface area (TPSA) is 123 Å². The van der Waals surface area contributed by atoms with Gasteiger partial charge >= 0.3 is 11.9 Å². The monoisotopic (exact) mass is 457 g/mol. The van der Waals surface area contributed by atoms with E-state index in [1.807, 2.05) is 38.1 Å². The van der Waals surface area contributed by atoms with Crippen LogP contribution in [-0.4, -0.2) is 42.7 Å². The third-order valence-corrected chi connectivity index (χ3v) is 5.65. The van der Waals surface area contributed by atoms with Crippen LogP contribution in [0.25, 0.3) is 11.1 Å². The van der Waals surface area contributed by atoms with E-state index < -0.39 is 24.5 Å². The SMILES string of the molecule is CCOC(=O)c1c(NC(=O)COC(=O)C2=NNC(=O)CC2)sc(C)c1-c1ccc(C)cc1. The lowest BCUT2D eigenvalue weighted by atomic mass is 10.0. The number of amides is 2. The zero-order valence-corrected chi connectivity index (χ0v) is 18.8. The average molecular weight is 458 g/mol. The minimum absolute atomic E-state index is 0.0400. The highest BCUT2D eigenvalue weighted by Gasteiger charge is 2.26. The van der Waals surface area contributed by atoms with Crippen molar-refractivity contribution in [2.45, 2.75) is 33.6 Å². The molecule has 3 rings (SSSR count). The molecule has 9 nitrogen and oxygen atoms in total. The lowest BCUT2D eigenvalue weighted by Gasteiger charge is -2.12. The molecule has 1 aliphatic heterocycles. The second kappa shape index (κ2) is 10.2. The minimum atomic E-state index is -0.784. The van der Waals surface area contributed by atoms with Gasteiger partial charge in [-0.2, -0.15) is 5.10 Å². The van der Waals surface area contributed by atoms with Crippen LogP contribution >= 0.6 is 11.3 Å². The van der Waals surface area contributed by atoms with Crippen LogP contribution in [0, 0.1) is 13.8 Å². The summed E-state index contributed by atoms with van der Waals surface area (Å²) in [7, 11) is 0. The number of carbonyl (C=O) groups excluding carboxylic acids is 4. The van der Waals surface area contributed by atoms with Crippen molar-refractivity contribution < 1.29 is 28.7 Å². The molecule has 168 valence electrons. The Kier molecular flexibility index (Phi) is 7.37. The van der Waals surface area contributed by atoms with Crippen molar-refractivity contribution in [3.05, 3.63) is 40.3 Å². The third kappa shape index (κ3) is 5.38. The van der Waals surface area contributed by atoms with Gasteiger partial charge in [0.05, 0.1) is 6.61 Å². The summed E-state index contributed by atoms with van der Waals surface area (Å²) in [5, 5.41) is 6.61. The molecule has 2 aromatic rings. The van der Waals surface area contributed by atoms with Crippen molar-refractivity contribution in [1.29, 1.82) is 0 Å². The molecule has 0 fully saturated rings. The molecule has 2 amide bonds. The maximum atomic E-state index is 12.7. The first-order valence-corrected chi connectivity index (χ1v) is 10.8. The molecule has 0 spiro atoms. The van der Waals surface area contributed by atoms with Gasteiger partial charge in [-0.3, -0.25) is 9.59 Å². The number of thiophene rings is 1. The van der Waals surface area contributed by atoms with Crippen molar-refractivity contribution in [3.63, 3.8) is 0 Å². The van der Waals surface area contributed by atoms with Gasteiger partial charge in [-0.05, 0) is 26.3 Å². The van der Waals surface area contributed by atoms with E-state index in [-0.39, 0.29) is 36.6 Å². The first-order valence-electron chi connectivity index (χ1n) is 10.00. The van der Waals surface area contributed by atoms with Crippen LogP contribution in [0.4, 0.5) is 5.00 Å². The summed E-state index contributed by atoms with van der Waals surface area (Å²) in [6, 6.07) is 7.69. The molecule has 2 heterocycles. The van der Waals surface area contributed by atoms with Crippen LogP contribution in [0.3, 0.4) is 0 Å². The normalized spacial score (nSPS) is 13.1. The van der Waals surface area contributed by atoms with Crippen LogP contribution < -0.4 is 10.7 Å². The third-order valence-electron chi connectivity index (χ3n) is 4.63. The summed E-state index contributed by atoms with van der Waals surface area (Å²) >= 11 is 1.24. The Morgan fingerprint density at radius 1 is 1.09 bits per heavy atom.